The van der Waals surface area contributed by atoms with E-state index in [9.17, 15) is 9.18 Å². The molecule has 3 aromatic rings. The van der Waals surface area contributed by atoms with Gasteiger partial charge in [-0.3, -0.25) is 4.79 Å². The molecule has 0 aliphatic carbocycles. The zero-order chi connectivity index (χ0) is 21.0. The van der Waals surface area contributed by atoms with Crippen molar-refractivity contribution in [2.75, 3.05) is 18.4 Å². The van der Waals surface area contributed by atoms with Crippen LogP contribution in [0.3, 0.4) is 0 Å². The van der Waals surface area contributed by atoms with Gasteiger partial charge in [0.1, 0.15) is 11.6 Å². The van der Waals surface area contributed by atoms with Gasteiger partial charge in [0.2, 0.25) is 0 Å². The third-order valence-electron chi connectivity index (χ3n) is 5.15. The number of halogens is 1. The number of hydrogen-bond acceptors (Lipinski definition) is 3. The van der Waals surface area contributed by atoms with Gasteiger partial charge in [0.05, 0.1) is 5.56 Å². The molecule has 1 aromatic heterocycles. The van der Waals surface area contributed by atoms with Crippen LogP contribution in [0.1, 0.15) is 48.2 Å². The fraction of sp³-hybridized carbons (Fsp3) is 0.333. The van der Waals surface area contributed by atoms with E-state index in [4.69, 9.17) is 0 Å². The number of pyridine rings is 1. The first kappa shape index (κ1) is 20.8. The van der Waals surface area contributed by atoms with Crippen molar-refractivity contribution in [3.8, 4) is 0 Å². The lowest BCUT2D eigenvalue weighted by atomic mass is 10.0. The highest BCUT2D eigenvalue weighted by atomic mass is 19.1. The van der Waals surface area contributed by atoms with Gasteiger partial charge in [-0.1, -0.05) is 38.1 Å². The largest absolute Gasteiger partial charge is 0.339 e. The Morgan fingerprint density at radius 2 is 1.76 bits per heavy atom. The van der Waals surface area contributed by atoms with Crippen molar-refractivity contribution < 1.29 is 9.18 Å². The predicted molar refractivity (Wildman–Crippen MR) is 117 cm³/mol. The molecule has 0 aliphatic rings. The van der Waals surface area contributed by atoms with Crippen molar-refractivity contribution in [2.45, 2.75) is 40.5 Å². The minimum atomic E-state index is -0.267. The molecule has 5 heteroatoms. The van der Waals surface area contributed by atoms with Crippen molar-refractivity contribution in [1.29, 1.82) is 0 Å². The lowest BCUT2D eigenvalue weighted by Crippen LogP contribution is -2.32. The second-order valence-electron chi connectivity index (χ2n) is 7.35. The Morgan fingerprint density at radius 1 is 1.07 bits per heavy atom. The van der Waals surface area contributed by atoms with Crippen molar-refractivity contribution in [1.82, 2.24) is 9.88 Å². The monoisotopic (exact) mass is 393 g/mol. The van der Waals surface area contributed by atoms with Crippen LogP contribution in [-0.2, 0) is 0 Å². The molecule has 3 rings (SSSR count). The van der Waals surface area contributed by atoms with E-state index in [1.54, 1.807) is 19.2 Å². The minimum Gasteiger partial charge on any atom is -0.339 e. The van der Waals surface area contributed by atoms with E-state index in [1.165, 1.54) is 6.07 Å². The summed E-state index contributed by atoms with van der Waals surface area (Å²) in [5.74, 6) is 0.359. The number of fused-ring (bicyclic) bond motifs is 1. The molecule has 29 heavy (non-hydrogen) atoms. The van der Waals surface area contributed by atoms with Gasteiger partial charge in [0.25, 0.3) is 5.91 Å². The van der Waals surface area contributed by atoms with E-state index in [0.717, 1.165) is 42.3 Å². The van der Waals surface area contributed by atoms with Crippen LogP contribution in [0.25, 0.3) is 10.8 Å². The van der Waals surface area contributed by atoms with E-state index in [1.807, 2.05) is 36.1 Å². The molecule has 0 fully saturated rings. The van der Waals surface area contributed by atoms with Gasteiger partial charge in [0, 0.05) is 41.3 Å². The van der Waals surface area contributed by atoms with Gasteiger partial charge in [-0.2, -0.15) is 0 Å². The molecule has 0 atom stereocenters. The third-order valence-corrected chi connectivity index (χ3v) is 5.15. The average molecular weight is 394 g/mol. The normalized spacial score (nSPS) is 10.9. The summed E-state index contributed by atoms with van der Waals surface area (Å²) in [6, 6.07) is 10.8. The van der Waals surface area contributed by atoms with Crippen LogP contribution < -0.4 is 5.32 Å². The SMILES string of the molecule is CCCN(CCC)C(=O)c1cnc(Nc2cccc(F)c2C)c2cccc(C)c12. The number of rotatable bonds is 7. The Labute approximate surface area is 171 Å². The van der Waals surface area contributed by atoms with E-state index < -0.39 is 0 Å². The number of carbonyl (C=O) groups excluding carboxylic acids is 1. The fourth-order valence-corrected chi connectivity index (χ4v) is 3.64. The number of benzene rings is 2. The lowest BCUT2D eigenvalue weighted by Gasteiger charge is -2.23. The molecule has 0 saturated carbocycles. The number of amides is 1. The number of aromatic nitrogens is 1. The number of carbonyl (C=O) groups is 1. The summed E-state index contributed by atoms with van der Waals surface area (Å²) in [5, 5.41) is 5.00. The Bertz CT molecular complexity index is 1030. The number of anilines is 2. The molecule has 0 spiro atoms. The molecule has 0 radical (unpaired) electrons. The average Bonchev–Trinajstić information content (AvgIpc) is 2.71. The Morgan fingerprint density at radius 3 is 2.45 bits per heavy atom. The zero-order valence-corrected chi connectivity index (χ0v) is 17.6. The minimum absolute atomic E-state index is 0.00832. The maximum atomic E-state index is 14.0. The molecular weight excluding hydrogens is 365 g/mol. The van der Waals surface area contributed by atoms with Crippen LogP contribution in [0.15, 0.2) is 42.6 Å². The smallest absolute Gasteiger partial charge is 0.256 e. The predicted octanol–water partition coefficient (Wildman–Crippen LogP) is 6.00. The molecule has 0 saturated heterocycles. The Kier molecular flexibility index (Phi) is 6.47. The van der Waals surface area contributed by atoms with Crippen LogP contribution in [-0.4, -0.2) is 28.9 Å². The number of hydrogen-bond donors (Lipinski definition) is 1. The van der Waals surface area contributed by atoms with Crippen LogP contribution in [0.4, 0.5) is 15.9 Å². The highest BCUT2D eigenvalue weighted by Crippen LogP contribution is 2.31. The van der Waals surface area contributed by atoms with Crippen molar-refractivity contribution in [3.05, 3.63) is 65.1 Å². The first-order chi connectivity index (χ1) is 14.0. The maximum Gasteiger partial charge on any atom is 0.256 e. The molecule has 1 N–H and O–H groups in total. The van der Waals surface area contributed by atoms with Gasteiger partial charge >= 0.3 is 0 Å². The first-order valence-corrected chi connectivity index (χ1v) is 10.2. The number of nitrogens with one attached hydrogen (secondary N) is 1. The molecule has 0 bridgehead atoms. The van der Waals surface area contributed by atoms with E-state index in [0.29, 0.717) is 22.6 Å². The Hall–Kier alpha value is -2.95. The second kappa shape index (κ2) is 9.03. The fourth-order valence-electron chi connectivity index (χ4n) is 3.64. The van der Waals surface area contributed by atoms with Gasteiger partial charge in [0.15, 0.2) is 0 Å². The van der Waals surface area contributed by atoms with E-state index in [-0.39, 0.29) is 11.7 Å². The summed E-state index contributed by atoms with van der Waals surface area (Å²) >= 11 is 0. The molecule has 1 heterocycles. The molecule has 0 unspecified atom stereocenters. The highest BCUT2D eigenvalue weighted by Gasteiger charge is 2.20. The summed E-state index contributed by atoms with van der Waals surface area (Å²) in [6.45, 7) is 9.33. The summed E-state index contributed by atoms with van der Waals surface area (Å²) in [5.41, 5.74) is 2.83. The highest BCUT2D eigenvalue weighted by molar-refractivity contribution is 6.10. The third kappa shape index (κ3) is 4.24. The molecule has 0 aliphatic heterocycles. The molecule has 4 nitrogen and oxygen atoms in total. The maximum absolute atomic E-state index is 14.0. The first-order valence-electron chi connectivity index (χ1n) is 10.2. The van der Waals surface area contributed by atoms with Gasteiger partial charge in [-0.15, -0.1) is 0 Å². The Balaban J connectivity index is 2.10. The van der Waals surface area contributed by atoms with E-state index in [2.05, 4.69) is 24.1 Å². The topological polar surface area (TPSA) is 45.2 Å². The van der Waals surface area contributed by atoms with Crippen LogP contribution in [0, 0.1) is 19.7 Å². The van der Waals surface area contributed by atoms with Crippen LogP contribution in [0.2, 0.25) is 0 Å². The zero-order valence-electron chi connectivity index (χ0n) is 17.6. The second-order valence-corrected chi connectivity index (χ2v) is 7.35. The molecule has 1 amide bonds. The standard InChI is InChI=1S/C24H28FN3O/c1-5-13-28(14-6-2)24(29)19-15-26-23(18-10-7-9-16(3)22(18)19)27-21-12-8-11-20(25)17(21)4/h7-12,15H,5-6,13-14H2,1-4H3,(H,26,27). The van der Waals surface area contributed by atoms with Gasteiger partial charge in [-0.05, 0) is 44.4 Å². The molecular formula is C24H28FN3O. The van der Waals surface area contributed by atoms with Crippen molar-refractivity contribution in [3.63, 3.8) is 0 Å². The number of nitrogens with zero attached hydrogens (tertiary/aromatic N) is 2. The van der Waals surface area contributed by atoms with Gasteiger partial charge < -0.3 is 10.2 Å². The molecule has 2 aromatic carbocycles. The van der Waals surface area contributed by atoms with Crippen LogP contribution in [0.5, 0.6) is 0 Å². The molecule has 152 valence electrons. The summed E-state index contributed by atoms with van der Waals surface area (Å²) < 4.78 is 14.0. The number of aryl methyl sites for hydroxylation is 1. The van der Waals surface area contributed by atoms with Gasteiger partial charge in [-0.25, -0.2) is 9.37 Å². The van der Waals surface area contributed by atoms with E-state index >= 15 is 0 Å². The lowest BCUT2D eigenvalue weighted by molar-refractivity contribution is 0.0757. The summed E-state index contributed by atoms with van der Waals surface area (Å²) in [7, 11) is 0. The quantitative estimate of drug-likeness (QED) is 0.536. The van der Waals surface area contributed by atoms with Crippen molar-refractivity contribution in [2.24, 2.45) is 0 Å². The summed E-state index contributed by atoms with van der Waals surface area (Å²) in [6.07, 6.45) is 3.47. The van der Waals surface area contributed by atoms with Crippen molar-refractivity contribution >= 4 is 28.2 Å². The summed E-state index contributed by atoms with van der Waals surface area (Å²) in [4.78, 5) is 19.7. The van der Waals surface area contributed by atoms with Crippen LogP contribution >= 0.6 is 0 Å².